The van der Waals surface area contributed by atoms with E-state index >= 15 is 0 Å². The summed E-state index contributed by atoms with van der Waals surface area (Å²) in [5.41, 5.74) is 2.24. The van der Waals surface area contributed by atoms with E-state index in [-0.39, 0.29) is 23.9 Å². The number of ether oxygens (including phenoxy) is 3. The molecule has 0 atom stereocenters. The number of hydrogen-bond acceptors (Lipinski definition) is 8. The SMILES string of the molecule is COc1cc(CCC(=O)Nc2ccc3oc(C(=O)c4ccc(OC)c(OC)c4)c(C)c3c2)on1. The van der Waals surface area contributed by atoms with Crippen LogP contribution in [0, 0.1) is 6.92 Å². The van der Waals surface area contributed by atoms with Crippen molar-refractivity contribution < 1.29 is 32.7 Å². The van der Waals surface area contributed by atoms with Crippen LogP contribution in [0.4, 0.5) is 5.69 Å². The highest BCUT2D eigenvalue weighted by Crippen LogP contribution is 2.32. The van der Waals surface area contributed by atoms with Gasteiger partial charge in [-0.05, 0) is 48.5 Å². The molecule has 0 aliphatic carbocycles. The van der Waals surface area contributed by atoms with Crippen molar-refractivity contribution in [1.29, 1.82) is 0 Å². The summed E-state index contributed by atoms with van der Waals surface area (Å²) in [4.78, 5) is 25.5. The third-order valence-corrected chi connectivity index (χ3v) is 5.42. The second kappa shape index (κ2) is 9.70. The fraction of sp³-hybridized carbons (Fsp3) is 0.240. The van der Waals surface area contributed by atoms with E-state index in [9.17, 15) is 9.59 Å². The molecule has 2 heterocycles. The number of nitrogens with one attached hydrogen (secondary N) is 1. The molecule has 0 fully saturated rings. The third kappa shape index (κ3) is 4.59. The summed E-state index contributed by atoms with van der Waals surface area (Å²) in [6.07, 6.45) is 0.600. The molecular weight excluding hydrogens is 440 g/mol. The normalized spacial score (nSPS) is 10.8. The lowest BCUT2D eigenvalue weighted by atomic mass is 10.0. The summed E-state index contributed by atoms with van der Waals surface area (Å²) in [6, 6.07) is 11.8. The Bertz CT molecular complexity index is 1350. The molecule has 0 saturated carbocycles. The number of anilines is 1. The summed E-state index contributed by atoms with van der Waals surface area (Å²) in [6.45, 7) is 1.81. The zero-order valence-corrected chi connectivity index (χ0v) is 19.3. The molecule has 1 amide bonds. The van der Waals surface area contributed by atoms with Gasteiger partial charge in [0.15, 0.2) is 17.3 Å². The summed E-state index contributed by atoms with van der Waals surface area (Å²) in [5.74, 6) is 1.69. The van der Waals surface area contributed by atoms with E-state index in [1.54, 1.807) is 42.5 Å². The van der Waals surface area contributed by atoms with E-state index in [0.29, 0.717) is 52.0 Å². The van der Waals surface area contributed by atoms with Gasteiger partial charge in [-0.2, -0.15) is 0 Å². The second-order valence-corrected chi connectivity index (χ2v) is 7.55. The van der Waals surface area contributed by atoms with Gasteiger partial charge in [-0.3, -0.25) is 9.59 Å². The highest BCUT2D eigenvalue weighted by atomic mass is 16.5. The van der Waals surface area contributed by atoms with Crippen molar-refractivity contribution >= 4 is 28.3 Å². The van der Waals surface area contributed by atoms with Crippen molar-refractivity contribution in [2.75, 3.05) is 26.6 Å². The number of carbonyl (C=O) groups is 2. The Hall–Kier alpha value is -4.27. The lowest BCUT2D eigenvalue weighted by Gasteiger charge is -2.08. The monoisotopic (exact) mass is 464 g/mol. The molecule has 2 aromatic carbocycles. The van der Waals surface area contributed by atoms with Gasteiger partial charge in [0, 0.05) is 41.1 Å². The van der Waals surface area contributed by atoms with Gasteiger partial charge in [0.25, 0.3) is 5.88 Å². The average Bonchev–Trinajstić information content (AvgIpc) is 3.46. The number of nitrogens with zero attached hydrogens (tertiary/aromatic N) is 1. The van der Waals surface area contributed by atoms with Gasteiger partial charge < -0.3 is 28.5 Å². The van der Waals surface area contributed by atoms with Crippen LogP contribution in [0.25, 0.3) is 11.0 Å². The fourth-order valence-electron chi connectivity index (χ4n) is 3.59. The first kappa shape index (κ1) is 22.9. The predicted molar refractivity (Wildman–Crippen MR) is 124 cm³/mol. The number of ketones is 1. The minimum Gasteiger partial charge on any atom is -0.493 e. The van der Waals surface area contributed by atoms with Crippen LogP contribution in [0.15, 0.2) is 51.4 Å². The van der Waals surface area contributed by atoms with Crippen molar-refractivity contribution in [3.05, 3.63) is 65.1 Å². The Balaban J connectivity index is 1.51. The molecule has 4 rings (SSSR count). The molecule has 0 unspecified atom stereocenters. The van der Waals surface area contributed by atoms with Crippen molar-refractivity contribution in [3.63, 3.8) is 0 Å². The van der Waals surface area contributed by atoms with Crippen LogP contribution in [-0.4, -0.2) is 38.2 Å². The standard InChI is InChI=1S/C25H24N2O7/c1-14-18-12-16(26-22(28)10-7-17-13-23(32-4)27-34-17)6-9-19(18)33-25(14)24(29)15-5-8-20(30-2)21(11-15)31-3/h5-6,8-9,11-13H,7,10H2,1-4H3,(H,26,28). The topological polar surface area (TPSA) is 113 Å². The number of hydrogen-bond donors (Lipinski definition) is 1. The average molecular weight is 464 g/mol. The third-order valence-electron chi connectivity index (χ3n) is 5.42. The minimum absolute atomic E-state index is 0.183. The maximum atomic E-state index is 13.1. The molecule has 1 N–H and O–H groups in total. The Morgan fingerprint density at radius 1 is 0.971 bits per heavy atom. The van der Waals surface area contributed by atoms with E-state index in [1.165, 1.54) is 21.3 Å². The Morgan fingerprint density at radius 3 is 2.47 bits per heavy atom. The smallest absolute Gasteiger partial charge is 0.254 e. The van der Waals surface area contributed by atoms with Crippen molar-refractivity contribution in [3.8, 4) is 17.4 Å². The van der Waals surface area contributed by atoms with E-state index in [1.807, 2.05) is 6.92 Å². The predicted octanol–water partition coefficient (Wildman–Crippen LogP) is 4.56. The van der Waals surface area contributed by atoms with E-state index in [0.717, 1.165) is 5.39 Å². The van der Waals surface area contributed by atoms with E-state index in [2.05, 4.69) is 10.5 Å². The fourth-order valence-corrected chi connectivity index (χ4v) is 3.59. The molecule has 2 aromatic heterocycles. The molecule has 176 valence electrons. The highest BCUT2D eigenvalue weighted by Gasteiger charge is 2.21. The first-order chi connectivity index (χ1) is 16.4. The lowest BCUT2D eigenvalue weighted by Crippen LogP contribution is -2.12. The Labute approximate surface area is 195 Å². The number of amides is 1. The molecule has 9 nitrogen and oxygen atoms in total. The summed E-state index contributed by atoms with van der Waals surface area (Å²) < 4.78 is 26.5. The van der Waals surface area contributed by atoms with Gasteiger partial charge in [0.2, 0.25) is 11.7 Å². The Kier molecular flexibility index (Phi) is 6.53. The first-order valence-electron chi connectivity index (χ1n) is 10.5. The number of aryl methyl sites for hydroxylation is 2. The molecule has 0 spiro atoms. The number of rotatable bonds is 9. The molecule has 4 aromatic rings. The van der Waals surface area contributed by atoms with Gasteiger partial charge in [0.1, 0.15) is 11.3 Å². The molecular formula is C25H24N2O7. The summed E-state index contributed by atoms with van der Waals surface area (Å²) >= 11 is 0. The number of benzene rings is 2. The quantitative estimate of drug-likeness (QED) is 0.359. The van der Waals surface area contributed by atoms with Gasteiger partial charge in [-0.15, -0.1) is 0 Å². The van der Waals surface area contributed by atoms with Crippen LogP contribution in [-0.2, 0) is 11.2 Å². The molecule has 9 heteroatoms. The van der Waals surface area contributed by atoms with E-state index < -0.39 is 0 Å². The molecule has 0 saturated heterocycles. The minimum atomic E-state index is -0.275. The number of aromatic nitrogens is 1. The molecule has 0 aliphatic rings. The molecule has 0 radical (unpaired) electrons. The van der Waals surface area contributed by atoms with Gasteiger partial charge in [-0.25, -0.2) is 0 Å². The number of furan rings is 1. The van der Waals surface area contributed by atoms with Crippen molar-refractivity contribution in [2.24, 2.45) is 0 Å². The summed E-state index contributed by atoms with van der Waals surface area (Å²) in [7, 11) is 4.54. The number of methoxy groups -OCH3 is 3. The van der Waals surface area contributed by atoms with Gasteiger partial charge in [-0.1, -0.05) is 0 Å². The number of carbonyl (C=O) groups excluding carboxylic acids is 2. The molecule has 34 heavy (non-hydrogen) atoms. The first-order valence-corrected chi connectivity index (χ1v) is 10.5. The zero-order valence-electron chi connectivity index (χ0n) is 19.3. The largest absolute Gasteiger partial charge is 0.493 e. The van der Waals surface area contributed by atoms with Crippen molar-refractivity contribution in [1.82, 2.24) is 5.16 Å². The van der Waals surface area contributed by atoms with Crippen LogP contribution in [0.3, 0.4) is 0 Å². The second-order valence-electron chi connectivity index (χ2n) is 7.55. The highest BCUT2D eigenvalue weighted by molar-refractivity contribution is 6.11. The van der Waals surface area contributed by atoms with Gasteiger partial charge >= 0.3 is 0 Å². The van der Waals surface area contributed by atoms with Crippen LogP contribution >= 0.6 is 0 Å². The van der Waals surface area contributed by atoms with Crippen LogP contribution < -0.4 is 19.5 Å². The van der Waals surface area contributed by atoms with E-state index in [4.69, 9.17) is 23.2 Å². The maximum Gasteiger partial charge on any atom is 0.254 e. The van der Waals surface area contributed by atoms with Crippen LogP contribution in [0.2, 0.25) is 0 Å². The van der Waals surface area contributed by atoms with Crippen LogP contribution in [0.5, 0.6) is 17.4 Å². The lowest BCUT2D eigenvalue weighted by molar-refractivity contribution is -0.116. The van der Waals surface area contributed by atoms with Crippen molar-refractivity contribution in [2.45, 2.75) is 19.8 Å². The van der Waals surface area contributed by atoms with Crippen LogP contribution in [0.1, 0.15) is 33.9 Å². The Morgan fingerprint density at radius 2 is 1.76 bits per heavy atom. The van der Waals surface area contributed by atoms with Gasteiger partial charge in [0.05, 0.1) is 21.3 Å². The number of fused-ring (bicyclic) bond motifs is 1. The maximum absolute atomic E-state index is 13.1. The zero-order chi connectivity index (χ0) is 24.2. The molecule has 0 bridgehead atoms. The summed E-state index contributed by atoms with van der Waals surface area (Å²) in [5, 5.41) is 7.32. The molecule has 0 aliphatic heterocycles.